The molecular formula is C26H19BrN4O6. The summed E-state index contributed by atoms with van der Waals surface area (Å²) in [7, 11) is 1.56. The second kappa shape index (κ2) is 9.86. The third-order valence-electron chi connectivity index (χ3n) is 5.57. The molecule has 5 rings (SSSR count). The van der Waals surface area contributed by atoms with E-state index in [0.29, 0.717) is 43.4 Å². The SMILES string of the molecule is CCOc1c(Br)cc(C=Nn2c(-c3cc4c(OC)cccc4o3)nc3ccccc3c2=O)cc1[N+](=O)[O-]. The van der Waals surface area contributed by atoms with Gasteiger partial charge in [-0.25, -0.2) is 4.98 Å². The van der Waals surface area contributed by atoms with Crippen molar-refractivity contribution >= 4 is 49.7 Å². The maximum absolute atomic E-state index is 13.5. The number of hydrogen-bond donors (Lipinski definition) is 0. The Balaban J connectivity index is 1.70. The summed E-state index contributed by atoms with van der Waals surface area (Å²) in [4.78, 5) is 29.2. The average Bonchev–Trinajstić information content (AvgIpc) is 3.33. The fourth-order valence-electron chi connectivity index (χ4n) is 3.93. The van der Waals surface area contributed by atoms with Gasteiger partial charge in [-0.3, -0.25) is 14.9 Å². The highest BCUT2D eigenvalue weighted by molar-refractivity contribution is 9.10. The second-order valence-corrected chi connectivity index (χ2v) is 8.69. The first kappa shape index (κ1) is 24.2. The normalized spacial score (nSPS) is 11.4. The molecule has 0 unspecified atom stereocenters. The molecule has 2 aromatic heterocycles. The summed E-state index contributed by atoms with van der Waals surface area (Å²) in [5, 5.41) is 17.1. The van der Waals surface area contributed by atoms with Crippen LogP contribution in [0.25, 0.3) is 33.5 Å². The van der Waals surface area contributed by atoms with E-state index in [1.165, 1.54) is 12.3 Å². The molecule has 0 aliphatic rings. The zero-order valence-electron chi connectivity index (χ0n) is 19.7. The maximum Gasteiger partial charge on any atom is 0.312 e. The van der Waals surface area contributed by atoms with Gasteiger partial charge in [0.05, 0.1) is 45.6 Å². The van der Waals surface area contributed by atoms with Gasteiger partial charge < -0.3 is 13.9 Å². The van der Waals surface area contributed by atoms with Crippen LogP contribution >= 0.6 is 15.9 Å². The highest BCUT2D eigenvalue weighted by Gasteiger charge is 2.21. The lowest BCUT2D eigenvalue weighted by Gasteiger charge is -2.09. The van der Waals surface area contributed by atoms with Crippen LogP contribution < -0.4 is 15.0 Å². The average molecular weight is 563 g/mol. The highest BCUT2D eigenvalue weighted by Crippen LogP contribution is 2.36. The van der Waals surface area contributed by atoms with Gasteiger partial charge in [0.25, 0.3) is 5.56 Å². The van der Waals surface area contributed by atoms with Crippen molar-refractivity contribution in [1.82, 2.24) is 9.66 Å². The Morgan fingerprint density at radius 2 is 1.97 bits per heavy atom. The van der Waals surface area contributed by atoms with Gasteiger partial charge in [-0.2, -0.15) is 9.78 Å². The summed E-state index contributed by atoms with van der Waals surface area (Å²) < 4.78 is 18.4. The largest absolute Gasteiger partial charge is 0.496 e. The number of nitrogens with zero attached hydrogens (tertiary/aromatic N) is 4. The Kier molecular flexibility index (Phi) is 6.45. The molecule has 0 atom stereocenters. The number of fused-ring (bicyclic) bond motifs is 2. The molecule has 186 valence electrons. The van der Waals surface area contributed by atoms with Crippen molar-refractivity contribution in [2.75, 3.05) is 13.7 Å². The number of methoxy groups -OCH3 is 1. The molecule has 2 heterocycles. The van der Waals surface area contributed by atoms with Gasteiger partial charge in [0.2, 0.25) is 11.6 Å². The number of aromatic nitrogens is 2. The zero-order valence-corrected chi connectivity index (χ0v) is 21.3. The second-order valence-electron chi connectivity index (χ2n) is 7.84. The molecule has 0 bridgehead atoms. The lowest BCUT2D eigenvalue weighted by Crippen LogP contribution is -2.20. The van der Waals surface area contributed by atoms with Crippen LogP contribution in [0.15, 0.2) is 79.4 Å². The van der Waals surface area contributed by atoms with Crippen molar-refractivity contribution < 1.29 is 18.8 Å². The molecule has 3 aromatic carbocycles. The number of nitro benzene ring substituents is 1. The van der Waals surface area contributed by atoms with Gasteiger partial charge in [0.15, 0.2) is 5.76 Å². The summed E-state index contributed by atoms with van der Waals surface area (Å²) >= 11 is 3.33. The van der Waals surface area contributed by atoms with Gasteiger partial charge in [0, 0.05) is 11.6 Å². The lowest BCUT2D eigenvalue weighted by molar-refractivity contribution is -0.385. The summed E-state index contributed by atoms with van der Waals surface area (Å²) in [6.45, 7) is 2.00. The van der Waals surface area contributed by atoms with E-state index in [0.717, 1.165) is 4.68 Å². The highest BCUT2D eigenvalue weighted by atomic mass is 79.9. The molecule has 0 saturated heterocycles. The molecule has 0 spiro atoms. The van der Waals surface area contributed by atoms with Crippen LogP contribution in [0, 0.1) is 10.1 Å². The Morgan fingerprint density at radius 3 is 2.73 bits per heavy atom. The molecule has 37 heavy (non-hydrogen) atoms. The topological polar surface area (TPSA) is 122 Å². The predicted octanol–water partition coefficient (Wildman–Crippen LogP) is 5.77. The van der Waals surface area contributed by atoms with Crippen LogP contribution in [0.2, 0.25) is 0 Å². The summed E-state index contributed by atoms with van der Waals surface area (Å²) in [5.41, 5.74) is 0.744. The molecule has 0 amide bonds. The van der Waals surface area contributed by atoms with Gasteiger partial charge in [-0.15, -0.1) is 0 Å². The van der Waals surface area contributed by atoms with Gasteiger partial charge >= 0.3 is 5.69 Å². The van der Waals surface area contributed by atoms with E-state index in [2.05, 4.69) is 26.0 Å². The van der Waals surface area contributed by atoms with E-state index in [1.807, 2.05) is 0 Å². The van der Waals surface area contributed by atoms with Gasteiger partial charge in [0.1, 0.15) is 11.3 Å². The molecule has 0 radical (unpaired) electrons. The number of nitro groups is 1. The van der Waals surface area contributed by atoms with Crippen molar-refractivity contribution in [1.29, 1.82) is 0 Å². The number of halogens is 1. The van der Waals surface area contributed by atoms with E-state index in [-0.39, 0.29) is 23.9 Å². The van der Waals surface area contributed by atoms with Crippen LogP contribution in [0.5, 0.6) is 11.5 Å². The number of hydrogen-bond acceptors (Lipinski definition) is 8. The van der Waals surface area contributed by atoms with E-state index in [9.17, 15) is 14.9 Å². The van der Waals surface area contributed by atoms with Crippen molar-refractivity contribution in [3.63, 3.8) is 0 Å². The minimum atomic E-state index is -0.538. The lowest BCUT2D eigenvalue weighted by atomic mass is 10.2. The number of furan rings is 1. The zero-order chi connectivity index (χ0) is 26.1. The smallest absolute Gasteiger partial charge is 0.312 e. The number of rotatable bonds is 7. The van der Waals surface area contributed by atoms with Crippen molar-refractivity contribution in [2.24, 2.45) is 5.10 Å². The molecule has 5 aromatic rings. The van der Waals surface area contributed by atoms with Gasteiger partial charge in [-0.1, -0.05) is 18.2 Å². The van der Waals surface area contributed by atoms with E-state index >= 15 is 0 Å². The van der Waals surface area contributed by atoms with Crippen molar-refractivity contribution in [2.45, 2.75) is 6.92 Å². The van der Waals surface area contributed by atoms with E-state index in [1.54, 1.807) is 68.6 Å². The Bertz CT molecular complexity index is 1760. The minimum absolute atomic E-state index is 0.117. The monoisotopic (exact) mass is 562 g/mol. The fourth-order valence-corrected chi connectivity index (χ4v) is 4.52. The van der Waals surface area contributed by atoms with E-state index < -0.39 is 10.5 Å². The van der Waals surface area contributed by atoms with Crippen molar-refractivity contribution in [3.05, 3.63) is 91.2 Å². The van der Waals surface area contributed by atoms with Gasteiger partial charge in [-0.05, 0) is 59.3 Å². The first-order valence-corrected chi connectivity index (χ1v) is 11.9. The minimum Gasteiger partial charge on any atom is -0.496 e. The number of para-hydroxylation sites is 1. The third-order valence-corrected chi connectivity index (χ3v) is 6.16. The summed E-state index contributed by atoms with van der Waals surface area (Å²) in [6, 6.07) is 17.0. The molecule has 0 saturated carbocycles. The standard InChI is InChI=1S/C26H19BrN4O6/c1-3-36-24-18(27)11-15(12-20(24)31(33)34)14-28-30-25(29-19-8-5-4-7-16(19)26(30)32)23-13-17-21(35-2)9-6-10-22(17)37-23/h4-14H,3H2,1-2H3. The van der Waals surface area contributed by atoms with Crippen LogP contribution in [0.3, 0.4) is 0 Å². The predicted molar refractivity (Wildman–Crippen MR) is 143 cm³/mol. The fraction of sp³-hybridized carbons (Fsp3) is 0.115. The Labute approximate surface area is 218 Å². The molecule has 0 N–H and O–H groups in total. The first-order valence-electron chi connectivity index (χ1n) is 11.1. The third kappa shape index (κ3) is 4.45. The Morgan fingerprint density at radius 1 is 1.16 bits per heavy atom. The number of ether oxygens (including phenoxy) is 2. The maximum atomic E-state index is 13.5. The van der Waals surface area contributed by atoms with Crippen LogP contribution in [-0.2, 0) is 0 Å². The Hall–Kier alpha value is -4.51. The summed E-state index contributed by atoms with van der Waals surface area (Å²) in [6.07, 6.45) is 1.35. The van der Waals surface area contributed by atoms with E-state index in [4.69, 9.17) is 13.9 Å². The molecule has 0 aliphatic carbocycles. The molecule has 11 heteroatoms. The molecular weight excluding hydrogens is 544 g/mol. The molecule has 0 fully saturated rings. The number of benzene rings is 3. The van der Waals surface area contributed by atoms with Crippen molar-refractivity contribution in [3.8, 4) is 23.1 Å². The molecule has 10 nitrogen and oxygen atoms in total. The quantitative estimate of drug-likeness (QED) is 0.140. The van der Waals surface area contributed by atoms with Crippen LogP contribution in [-0.4, -0.2) is 34.5 Å². The first-order chi connectivity index (χ1) is 17.9. The summed E-state index contributed by atoms with van der Waals surface area (Å²) in [5.74, 6) is 1.19. The van der Waals surface area contributed by atoms with Crippen LogP contribution in [0.4, 0.5) is 5.69 Å². The van der Waals surface area contributed by atoms with Crippen LogP contribution in [0.1, 0.15) is 12.5 Å². The molecule has 0 aliphatic heterocycles.